The first-order chi connectivity index (χ1) is 11.1. The van der Waals surface area contributed by atoms with E-state index in [2.05, 4.69) is 5.32 Å². The van der Waals surface area contributed by atoms with E-state index in [1.54, 1.807) is 17.6 Å². The lowest BCUT2D eigenvalue weighted by atomic mass is 10.2. The Kier molecular flexibility index (Phi) is 4.33. The summed E-state index contributed by atoms with van der Waals surface area (Å²) in [6.07, 6.45) is 1.54. The van der Waals surface area contributed by atoms with Gasteiger partial charge in [0, 0.05) is 11.4 Å². The minimum atomic E-state index is -1.13. The molecular formula is C15H12F2N2O3S. The Morgan fingerprint density at radius 2 is 2.22 bits per heavy atom. The van der Waals surface area contributed by atoms with Gasteiger partial charge in [0.15, 0.2) is 17.7 Å². The molecule has 1 aromatic carbocycles. The van der Waals surface area contributed by atoms with Crippen LogP contribution in [0.25, 0.3) is 0 Å². The van der Waals surface area contributed by atoms with Crippen LogP contribution in [-0.4, -0.2) is 30.4 Å². The van der Waals surface area contributed by atoms with Gasteiger partial charge in [-0.2, -0.15) is 0 Å². The standard InChI is InChI=1S/C15H12F2N2O3S/c16-10-2-1-3-11(13(10)17)19(9-4-6-23-7-5-9)14(20)12-8-18-15(21)22-12/h1-6,12H,7-8H2,(H,18,21). The first kappa shape index (κ1) is 15.5. The molecule has 1 N–H and O–H groups in total. The van der Waals surface area contributed by atoms with E-state index in [1.807, 2.05) is 0 Å². The summed E-state index contributed by atoms with van der Waals surface area (Å²) in [4.78, 5) is 24.9. The topological polar surface area (TPSA) is 58.6 Å². The number of carbonyl (C=O) groups is 2. The van der Waals surface area contributed by atoms with E-state index in [4.69, 9.17) is 4.74 Å². The Bertz CT molecular complexity index is 721. The summed E-state index contributed by atoms with van der Waals surface area (Å²) in [7, 11) is 0. The summed E-state index contributed by atoms with van der Waals surface area (Å²) in [6, 6.07) is 3.59. The second-order valence-electron chi connectivity index (χ2n) is 4.79. The average molecular weight is 338 g/mol. The number of alkyl carbamates (subject to hydrolysis) is 1. The zero-order valence-electron chi connectivity index (χ0n) is 11.8. The van der Waals surface area contributed by atoms with Crippen LogP contribution in [0.15, 0.2) is 41.5 Å². The summed E-state index contributed by atoms with van der Waals surface area (Å²) in [6.45, 7) is -0.0170. The Morgan fingerprint density at radius 3 is 2.87 bits per heavy atom. The Labute approximate surface area is 135 Å². The van der Waals surface area contributed by atoms with E-state index in [0.717, 1.165) is 11.0 Å². The molecule has 23 heavy (non-hydrogen) atoms. The van der Waals surface area contributed by atoms with Crippen LogP contribution in [0.4, 0.5) is 19.3 Å². The van der Waals surface area contributed by atoms with E-state index in [0.29, 0.717) is 11.4 Å². The third kappa shape index (κ3) is 3.07. The Balaban J connectivity index is 2.02. The fourth-order valence-electron chi connectivity index (χ4n) is 2.26. The number of cyclic esters (lactones) is 1. The van der Waals surface area contributed by atoms with E-state index < -0.39 is 29.7 Å². The minimum Gasteiger partial charge on any atom is -0.434 e. The number of carbonyl (C=O) groups excluding carboxylic acids is 2. The fourth-order valence-corrected chi connectivity index (χ4v) is 2.87. The van der Waals surface area contributed by atoms with Crippen molar-refractivity contribution in [3.63, 3.8) is 0 Å². The second kappa shape index (κ2) is 6.41. The molecule has 1 atom stereocenters. The quantitative estimate of drug-likeness (QED) is 0.920. The van der Waals surface area contributed by atoms with Gasteiger partial charge < -0.3 is 10.1 Å². The molecule has 3 rings (SSSR count). The molecule has 5 nitrogen and oxygen atoms in total. The van der Waals surface area contributed by atoms with Gasteiger partial charge in [-0.3, -0.25) is 9.69 Å². The van der Waals surface area contributed by atoms with Crippen LogP contribution in [0.3, 0.4) is 0 Å². The maximum Gasteiger partial charge on any atom is 0.408 e. The van der Waals surface area contributed by atoms with Crippen molar-refractivity contribution in [1.82, 2.24) is 5.32 Å². The number of hydrogen-bond donors (Lipinski definition) is 1. The minimum absolute atomic E-state index is 0.0170. The first-order valence-electron chi connectivity index (χ1n) is 6.78. The summed E-state index contributed by atoms with van der Waals surface area (Å²) in [5.41, 5.74) is 0.182. The highest BCUT2D eigenvalue weighted by Crippen LogP contribution is 2.29. The number of benzene rings is 1. The van der Waals surface area contributed by atoms with Gasteiger partial charge in [0.1, 0.15) is 0 Å². The van der Waals surface area contributed by atoms with Gasteiger partial charge >= 0.3 is 6.09 Å². The van der Waals surface area contributed by atoms with E-state index in [9.17, 15) is 18.4 Å². The van der Waals surface area contributed by atoms with Crippen molar-refractivity contribution in [2.24, 2.45) is 0 Å². The number of hydrogen-bond acceptors (Lipinski definition) is 4. The predicted molar refractivity (Wildman–Crippen MR) is 81.8 cm³/mol. The number of nitrogens with one attached hydrogen (secondary N) is 1. The molecule has 0 aromatic heterocycles. The van der Waals surface area contributed by atoms with Crippen molar-refractivity contribution in [3.8, 4) is 0 Å². The average Bonchev–Trinajstić information content (AvgIpc) is 2.99. The number of allylic oxidation sites excluding steroid dienone is 1. The van der Waals surface area contributed by atoms with Crippen molar-refractivity contribution >= 4 is 29.4 Å². The highest BCUT2D eigenvalue weighted by Gasteiger charge is 2.36. The maximum atomic E-state index is 14.2. The normalized spacial score (nSPS) is 19.8. The lowest BCUT2D eigenvalue weighted by Crippen LogP contribution is -2.41. The van der Waals surface area contributed by atoms with Gasteiger partial charge in [-0.15, -0.1) is 11.8 Å². The second-order valence-corrected chi connectivity index (χ2v) is 5.73. The van der Waals surface area contributed by atoms with Crippen LogP contribution < -0.4 is 10.2 Å². The molecular weight excluding hydrogens is 326 g/mol. The molecule has 0 aliphatic carbocycles. The smallest absolute Gasteiger partial charge is 0.408 e. The summed E-state index contributed by atoms with van der Waals surface area (Å²) in [5.74, 6) is -2.24. The third-order valence-corrected chi connectivity index (χ3v) is 4.02. The molecule has 0 spiro atoms. The molecule has 1 fully saturated rings. The van der Waals surface area contributed by atoms with Crippen LogP contribution in [0.2, 0.25) is 0 Å². The number of rotatable bonds is 3. The molecule has 1 saturated heterocycles. The number of halogens is 2. The number of ether oxygens (including phenoxy) is 1. The van der Waals surface area contributed by atoms with Crippen LogP contribution in [0, 0.1) is 11.6 Å². The summed E-state index contributed by atoms with van der Waals surface area (Å²) >= 11 is 1.50. The molecule has 0 radical (unpaired) electrons. The van der Waals surface area contributed by atoms with Crippen molar-refractivity contribution in [1.29, 1.82) is 0 Å². The molecule has 1 aromatic rings. The molecule has 2 amide bonds. The zero-order chi connectivity index (χ0) is 16.4. The van der Waals surface area contributed by atoms with Gasteiger partial charge in [0.25, 0.3) is 5.91 Å². The van der Waals surface area contributed by atoms with Gasteiger partial charge in [-0.1, -0.05) is 6.07 Å². The van der Waals surface area contributed by atoms with Gasteiger partial charge in [-0.25, -0.2) is 13.6 Å². The van der Waals surface area contributed by atoms with Crippen molar-refractivity contribution in [3.05, 3.63) is 53.1 Å². The molecule has 0 saturated carbocycles. The predicted octanol–water partition coefficient (Wildman–Crippen LogP) is 2.55. The van der Waals surface area contributed by atoms with Crippen LogP contribution in [-0.2, 0) is 9.53 Å². The fraction of sp³-hybridized carbons (Fsp3) is 0.200. The first-order valence-corrected chi connectivity index (χ1v) is 7.83. The van der Waals surface area contributed by atoms with Crippen LogP contribution in [0.1, 0.15) is 0 Å². The lowest BCUT2D eigenvalue weighted by Gasteiger charge is -2.27. The number of nitrogens with zero attached hydrogens (tertiary/aromatic N) is 1. The molecule has 2 heterocycles. The van der Waals surface area contributed by atoms with Gasteiger partial charge in [-0.05, 0) is 29.7 Å². The molecule has 120 valence electrons. The molecule has 8 heteroatoms. The lowest BCUT2D eigenvalue weighted by molar-refractivity contribution is -0.124. The zero-order valence-corrected chi connectivity index (χ0v) is 12.6. The summed E-state index contributed by atoms with van der Waals surface area (Å²) < 4.78 is 32.6. The van der Waals surface area contributed by atoms with E-state index in [-0.39, 0.29) is 12.2 Å². The van der Waals surface area contributed by atoms with Gasteiger partial charge in [0.05, 0.1) is 12.2 Å². The molecule has 2 aliphatic heterocycles. The molecule has 2 aliphatic rings. The van der Waals surface area contributed by atoms with Crippen molar-refractivity contribution < 1.29 is 23.1 Å². The van der Waals surface area contributed by atoms with Crippen LogP contribution >= 0.6 is 11.8 Å². The third-order valence-electron chi connectivity index (χ3n) is 3.33. The molecule has 0 bridgehead atoms. The number of amides is 2. The van der Waals surface area contributed by atoms with Crippen LogP contribution in [0.5, 0.6) is 0 Å². The maximum absolute atomic E-state index is 14.2. The highest BCUT2D eigenvalue weighted by molar-refractivity contribution is 8.02. The largest absolute Gasteiger partial charge is 0.434 e. The monoisotopic (exact) mass is 338 g/mol. The van der Waals surface area contributed by atoms with E-state index in [1.165, 1.54) is 23.9 Å². The van der Waals surface area contributed by atoms with E-state index >= 15 is 0 Å². The highest BCUT2D eigenvalue weighted by atomic mass is 32.2. The Hall–Kier alpha value is -2.35. The SMILES string of the molecule is O=C1NCC(C(=O)N(C2=CCSC=C2)c2cccc(F)c2F)O1. The van der Waals surface area contributed by atoms with Crippen molar-refractivity contribution in [2.45, 2.75) is 6.10 Å². The van der Waals surface area contributed by atoms with Crippen molar-refractivity contribution in [2.75, 3.05) is 17.2 Å². The number of anilines is 1. The van der Waals surface area contributed by atoms with Gasteiger partial charge in [0.2, 0.25) is 0 Å². The summed E-state index contributed by atoms with van der Waals surface area (Å²) in [5, 5.41) is 4.12. The Morgan fingerprint density at radius 1 is 1.39 bits per heavy atom. The molecule has 1 unspecified atom stereocenters. The number of thioether (sulfide) groups is 1.